The monoisotopic (exact) mass is 406 g/mol. The first-order valence-corrected chi connectivity index (χ1v) is 9.29. The van der Waals surface area contributed by atoms with Crippen molar-refractivity contribution < 1.29 is 0 Å². The highest BCUT2D eigenvalue weighted by molar-refractivity contribution is 5.85. The molecule has 0 saturated carbocycles. The fourth-order valence-electron chi connectivity index (χ4n) is 3.33. The number of rotatable bonds is 6. The number of benzene rings is 1. The molecule has 0 bridgehead atoms. The second-order valence-corrected chi connectivity index (χ2v) is 6.74. The van der Waals surface area contributed by atoms with Gasteiger partial charge in [-0.1, -0.05) is 36.3 Å². The number of nitrogens with zero attached hydrogens (tertiary/aromatic N) is 4. The number of halogens is 1. The third kappa shape index (κ3) is 5.87. The van der Waals surface area contributed by atoms with Crippen LogP contribution in [0.2, 0.25) is 0 Å². The molecule has 7 heteroatoms. The third-order valence-electron chi connectivity index (χ3n) is 4.80. The molecule has 1 fully saturated rings. The topological polar surface area (TPSA) is 87.8 Å². The Morgan fingerprint density at radius 2 is 1.72 bits per heavy atom. The van der Waals surface area contributed by atoms with Crippen molar-refractivity contribution >= 4 is 24.0 Å². The van der Waals surface area contributed by atoms with Crippen LogP contribution in [0.1, 0.15) is 29.5 Å². The largest absolute Gasteiger partial charge is 0.366 e. The standard InChI is InChI=1S/C22H22N6.ClH/c1-2-10-25-21-18(14-23)13-19(15-24)22(27-21)26-20-8-11-28(12-9-20)16-17-6-4-3-5-7-17;/h1,3-7,13,20H,8-12,16H2,(H2,25,26,27);1H. The molecular weight excluding hydrogens is 384 g/mol. The zero-order valence-electron chi connectivity index (χ0n) is 16.1. The average Bonchev–Trinajstić information content (AvgIpc) is 2.74. The number of nitriles is 2. The summed E-state index contributed by atoms with van der Waals surface area (Å²) in [5.74, 6) is 3.38. The lowest BCUT2D eigenvalue weighted by Gasteiger charge is -2.32. The van der Waals surface area contributed by atoms with Crippen molar-refractivity contribution in [1.29, 1.82) is 10.5 Å². The first-order valence-electron chi connectivity index (χ1n) is 9.29. The second kappa shape index (κ2) is 10.9. The van der Waals surface area contributed by atoms with E-state index < -0.39 is 0 Å². The van der Waals surface area contributed by atoms with Crippen LogP contribution >= 0.6 is 12.4 Å². The molecule has 0 unspecified atom stereocenters. The third-order valence-corrected chi connectivity index (χ3v) is 4.80. The van der Waals surface area contributed by atoms with Gasteiger partial charge < -0.3 is 10.6 Å². The lowest BCUT2D eigenvalue weighted by Crippen LogP contribution is -2.39. The Kier molecular flexibility index (Phi) is 8.31. The Bertz CT molecular complexity index is 931. The predicted octanol–water partition coefficient (Wildman–Crippen LogP) is 3.37. The van der Waals surface area contributed by atoms with E-state index in [2.05, 4.69) is 62.8 Å². The van der Waals surface area contributed by atoms with Crippen molar-refractivity contribution in [3.63, 3.8) is 0 Å². The highest BCUT2D eigenvalue weighted by Gasteiger charge is 2.21. The molecule has 1 aliphatic rings. The van der Waals surface area contributed by atoms with Crippen LogP contribution in [-0.2, 0) is 6.54 Å². The van der Waals surface area contributed by atoms with Gasteiger partial charge in [0.25, 0.3) is 0 Å². The van der Waals surface area contributed by atoms with Crippen molar-refractivity contribution in [2.45, 2.75) is 25.4 Å². The zero-order valence-corrected chi connectivity index (χ0v) is 16.9. The summed E-state index contributed by atoms with van der Waals surface area (Å²) in [5.41, 5.74) is 2.00. The Labute approximate surface area is 178 Å². The maximum Gasteiger partial charge on any atom is 0.147 e. The molecule has 1 aromatic heterocycles. The number of anilines is 2. The molecular formula is C22H23ClN6. The number of terminal acetylenes is 1. The minimum atomic E-state index is 0. The quantitative estimate of drug-likeness (QED) is 0.715. The van der Waals surface area contributed by atoms with Gasteiger partial charge in [0.2, 0.25) is 0 Å². The maximum atomic E-state index is 9.44. The summed E-state index contributed by atoms with van der Waals surface area (Å²) in [6.45, 7) is 3.18. The first-order chi connectivity index (χ1) is 13.7. The molecule has 2 heterocycles. The summed E-state index contributed by atoms with van der Waals surface area (Å²) in [6.07, 6.45) is 7.21. The van der Waals surface area contributed by atoms with Crippen LogP contribution in [0.4, 0.5) is 11.6 Å². The molecule has 0 radical (unpaired) electrons. The SMILES string of the molecule is C#CCNc1nc(NC2CCN(Cc3ccccc3)CC2)c(C#N)cc1C#N.Cl. The summed E-state index contributed by atoms with van der Waals surface area (Å²) in [6, 6.07) is 16.4. The summed E-state index contributed by atoms with van der Waals surface area (Å²) in [7, 11) is 0. The van der Waals surface area contributed by atoms with Gasteiger partial charge in [-0.3, -0.25) is 4.90 Å². The molecule has 1 aromatic carbocycles. The normalized spacial score (nSPS) is 14.0. The van der Waals surface area contributed by atoms with Crippen molar-refractivity contribution in [3.8, 4) is 24.5 Å². The van der Waals surface area contributed by atoms with E-state index in [4.69, 9.17) is 6.42 Å². The van der Waals surface area contributed by atoms with Crippen molar-refractivity contribution in [1.82, 2.24) is 9.88 Å². The molecule has 1 saturated heterocycles. The van der Waals surface area contributed by atoms with Gasteiger partial charge in [0, 0.05) is 25.7 Å². The van der Waals surface area contributed by atoms with E-state index in [0.717, 1.165) is 32.5 Å². The van der Waals surface area contributed by atoms with Gasteiger partial charge >= 0.3 is 0 Å². The smallest absolute Gasteiger partial charge is 0.147 e. The van der Waals surface area contributed by atoms with Crippen LogP contribution in [0.25, 0.3) is 0 Å². The maximum absolute atomic E-state index is 9.44. The Morgan fingerprint density at radius 3 is 2.34 bits per heavy atom. The number of likely N-dealkylation sites (tertiary alicyclic amines) is 1. The van der Waals surface area contributed by atoms with Gasteiger partial charge in [0.05, 0.1) is 17.7 Å². The number of piperidine rings is 1. The minimum Gasteiger partial charge on any atom is -0.366 e. The zero-order chi connectivity index (χ0) is 19.8. The number of hydrogen-bond acceptors (Lipinski definition) is 6. The average molecular weight is 407 g/mol. The van der Waals surface area contributed by atoms with Gasteiger partial charge in [0.1, 0.15) is 23.8 Å². The number of nitrogens with one attached hydrogen (secondary N) is 2. The molecule has 2 aromatic rings. The molecule has 0 aliphatic carbocycles. The van der Waals surface area contributed by atoms with Crippen LogP contribution < -0.4 is 10.6 Å². The highest BCUT2D eigenvalue weighted by atomic mass is 35.5. The van der Waals surface area contributed by atoms with Crippen LogP contribution in [0, 0.1) is 35.0 Å². The van der Waals surface area contributed by atoms with Crippen LogP contribution in [0.5, 0.6) is 0 Å². The van der Waals surface area contributed by atoms with Crippen LogP contribution in [0.15, 0.2) is 36.4 Å². The predicted molar refractivity (Wildman–Crippen MR) is 117 cm³/mol. The Balaban J connectivity index is 0.00000300. The van der Waals surface area contributed by atoms with Crippen LogP contribution in [0.3, 0.4) is 0 Å². The summed E-state index contributed by atoms with van der Waals surface area (Å²) >= 11 is 0. The Morgan fingerprint density at radius 1 is 1.07 bits per heavy atom. The van der Waals surface area contributed by atoms with Crippen LogP contribution in [-0.4, -0.2) is 35.6 Å². The number of hydrogen-bond donors (Lipinski definition) is 2. The molecule has 6 nitrogen and oxygen atoms in total. The molecule has 29 heavy (non-hydrogen) atoms. The number of aromatic nitrogens is 1. The summed E-state index contributed by atoms with van der Waals surface area (Å²) in [5, 5.41) is 25.1. The van der Waals surface area contributed by atoms with E-state index in [1.807, 2.05) is 6.07 Å². The summed E-state index contributed by atoms with van der Waals surface area (Å²) < 4.78 is 0. The lowest BCUT2D eigenvalue weighted by molar-refractivity contribution is 0.211. The molecule has 148 valence electrons. The van der Waals surface area contributed by atoms with Crippen molar-refractivity contribution in [2.24, 2.45) is 0 Å². The van der Waals surface area contributed by atoms with E-state index in [1.165, 1.54) is 5.56 Å². The number of pyridine rings is 1. The van der Waals surface area contributed by atoms with Gasteiger partial charge in [-0.05, 0) is 24.5 Å². The molecule has 1 aliphatic heterocycles. The van der Waals surface area contributed by atoms with Crippen molar-refractivity contribution in [3.05, 3.63) is 53.1 Å². The molecule has 0 atom stereocenters. The van der Waals surface area contributed by atoms with E-state index in [1.54, 1.807) is 6.07 Å². The van der Waals surface area contributed by atoms with Gasteiger partial charge in [-0.25, -0.2) is 4.98 Å². The Hall–Kier alpha value is -3.24. The molecule has 0 amide bonds. The van der Waals surface area contributed by atoms with Gasteiger partial charge in [-0.15, -0.1) is 18.8 Å². The fourth-order valence-corrected chi connectivity index (χ4v) is 3.33. The van der Waals surface area contributed by atoms with E-state index >= 15 is 0 Å². The highest BCUT2D eigenvalue weighted by Crippen LogP contribution is 2.24. The first kappa shape index (κ1) is 22.1. The fraction of sp³-hybridized carbons (Fsp3) is 0.318. The molecule has 3 rings (SSSR count). The van der Waals surface area contributed by atoms with E-state index in [-0.39, 0.29) is 25.0 Å². The minimum absolute atomic E-state index is 0. The lowest BCUT2D eigenvalue weighted by atomic mass is 10.0. The second-order valence-electron chi connectivity index (χ2n) is 6.74. The summed E-state index contributed by atoms with van der Waals surface area (Å²) in [4.78, 5) is 6.89. The van der Waals surface area contributed by atoms with Gasteiger partial charge in [-0.2, -0.15) is 10.5 Å². The van der Waals surface area contributed by atoms with Gasteiger partial charge in [0.15, 0.2) is 0 Å². The van der Waals surface area contributed by atoms with Crippen molar-refractivity contribution in [2.75, 3.05) is 30.3 Å². The molecule has 2 N–H and O–H groups in total. The molecule has 0 spiro atoms. The van der Waals surface area contributed by atoms with E-state index in [9.17, 15) is 10.5 Å². The van der Waals surface area contributed by atoms with E-state index in [0.29, 0.717) is 22.8 Å².